The first-order chi connectivity index (χ1) is 9.65. The molecule has 0 radical (unpaired) electrons. The number of fused-ring (bicyclic) bond motifs is 1. The summed E-state index contributed by atoms with van der Waals surface area (Å²) in [4.78, 5) is 16.8. The monoisotopic (exact) mass is 278 g/mol. The van der Waals surface area contributed by atoms with Gasteiger partial charge in [0.1, 0.15) is 6.04 Å². The molecule has 0 aromatic carbocycles. The Bertz CT molecular complexity index is 409. The average Bonchev–Trinajstić information content (AvgIpc) is 2.84. The van der Waals surface area contributed by atoms with Gasteiger partial charge in [-0.2, -0.15) is 0 Å². The fourth-order valence-electron chi connectivity index (χ4n) is 5.22. The first kappa shape index (κ1) is 13.1. The van der Waals surface area contributed by atoms with Crippen molar-refractivity contribution in [3.8, 4) is 0 Å². The van der Waals surface area contributed by atoms with Crippen molar-refractivity contribution >= 4 is 5.97 Å². The summed E-state index contributed by atoms with van der Waals surface area (Å²) in [6, 6.07) is 1.74. The Morgan fingerprint density at radius 1 is 1.05 bits per heavy atom. The SMILES string of the molecule is CC1CC(N2CC3CCCC3C2C(=O)O)CN1C1CC1. The number of aliphatic carboxylic acids is 1. The van der Waals surface area contributed by atoms with Crippen molar-refractivity contribution in [3.63, 3.8) is 0 Å². The minimum atomic E-state index is -0.572. The molecule has 2 aliphatic carbocycles. The Hall–Kier alpha value is -0.610. The zero-order valence-corrected chi connectivity index (χ0v) is 12.4. The standard InChI is InChI=1S/C16H26N2O2/c1-10-7-13(9-17(10)12-5-6-12)18-8-11-3-2-4-14(11)15(18)16(19)20/h10-15H,2-9H2,1H3,(H,19,20). The maximum atomic E-state index is 11.8. The fourth-order valence-corrected chi connectivity index (χ4v) is 5.22. The molecule has 4 fully saturated rings. The van der Waals surface area contributed by atoms with Crippen molar-refractivity contribution < 1.29 is 9.90 Å². The number of likely N-dealkylation sites (tertiary alicyclic amines) is 2. The maximum Gasteiger partial charge on any atom is 0.321 e. The maximum absolute atomic E-state index is 11.8. The molecule has 4 rings (SSSR count). The van der Waals surface area contributed by atoms with Crippen LogP contribution < -0.4 is 0 Å². The summed E-state index contributed by atoms with van der Waals surface area (Å²) in [6.07, 6.45) is 7.49. The zero-order valence-electron chi connectivity index (χ0n) is 12.4. The summed E-state index contributed by atoms with van der Waals surface area (Å²) >= 11 is 0. The molecule has 2 heterocycles. The van der Waals surface area contributed by atoms with E-state index >= 15 is 0 Å². The Kier molecular flexibility index (Phi) is 3.08. The molecule has 4 heteroatoms. The molecule has 1 N–H and O–H groups in total. The quantitative estimate of drug-likeness (QED) is 0.855. The Morgan fingerprint density at radius 3 is 2.55 bits per heavy atom. The first-order valence-electron chi connectivity index (χ1n) is 8.39. The van der Waals surface area contributed by atoms with Gasteiger partial charge in [0.2, 0.25) is 0 Å². The van der Waals surface area contributed by atoms with Gasteiger partial charge in [0, 0.05) is 31.2 Å². The van der Waals surface area contributed by atoms with Crippen molar-refractivity contribution in [2.45, 2.75) is 69.6 Å². The van der Waals surface area contributed by atoms with Crippen LogP contribution in [0.25, 0.3) is 0 Å². The summed E-state index contributed by atoms with van der Waals surface area (Å²) in [6.45, 7) is 4.47. The molecule has 0 bridgehead atoms. The average molecular weight is 278 g/mol. The lowest BCUT2D eigenvalue weighted by Gasteiger charge is -2.30. The van der Waals surface area contributed by atoms with E-state index in [2.05, 4.69) is 16.7 Å². The third kappa shape index (κ3) is 2.00. The van der Waals surface area contributed by atoms with Crippen LogP contribution in [-0.2, 0) is 4.79 Å². The van der Waals surface area contributed by atoms with Gasteiger partial charge in [0.15, 0.2) is 0 Å². The molecule has 0 spiro atoms. The lowest BCUT2D eigenvalue weighted by molar-refractivity contribution is -0.144. The summed E-state index contributed by atoms with van der Waals surface area (Å²) in [7, 11) is 0. The largest absolute Gasteiger partial charge is 0.480 e. The molecule has 5 atom stereocenters. The third-order valence-corrected chi connectivity index (χ3v) is 6.26. The molecule has 4 nitrogen and oxygen atoms in total. The van der Waals surface area contributed by atoms with E-state index in [9.17, 15) is 9.90 Å². The third-order valence-electron chi connectivity index (χ3n) is 6.26. The van der Waals surface area contributed by atoms with E-state index in [4.69, 9.17) is 0 Å². The van der Waals surface area contributed by atoms with E-state index in [1.807, 2.05) is 0 Å². The second-order valence-electron chi connectivity index (χ2n) is 7.50. The number of hydrogen-bond acceptors (Lipinski definition) is 3. The molecular weight excluding hydrogens is 252 g/mol. The lowest BCUT2D eigenvalue weighted by atomic mass is 9.94. The summed E-state index contributed by atoms with van der Waals surface area (Å²) < 4.78 is 0. The number of carbonyl (C=O) groups is 1. The molecule has 0 amide bonds. The van der Waals surface area contributed by atoms with E-state index < -0.39 is 5.97 Å². The number of hydrogen-bond donors (Lipinski definition) is 1. The normalized spacial score (nSPS) is 46.0. The van der Waals surface area contributed by atoms with E-state index in [0.717, 1.165) is 25.6 Å². The van der Waals surface area contributed by atoms with Crippen molar-refractivity contribution in [1.29, 1.82) is 0 Å². The molecule has 5 unspecified atom stereocenters. The number of carboxylic acid groups (broad SMARTS) is 1. The van der Waals surface area contributed by atoms with E-state index in [-0.39, 0.29) is 6.04 Å². The van der Waals surface area contributed by atoms with Crippen LogP contribution >= 0.6 is 0 Å². The van der Waals surface area contributed by atoms with E-state index in [0.29, 0.717) is 23.9 Å². The highest BCUT2D eigenvalue weighted by Gasteiger charge is 2.52. The fraction of sp³-hybridized carbons (Fsp3) is 0.938. The molecule has 2 aliphatic heterocycles. The highest BCUT2D eigenvalue weighted by atomic mass is 16.4. The van der Waals surface area contributed by atoms with Gasteiger partial charge in [-0.15, -0.1) is 0 Å². The van der Waals surface area contributed by atoms with Crippen LogP contribution in [0, 0.1) is 11.8 Å². The van der Waals surface area contributed by atoms with E-state index in [1.54, 1.807) is 0 Å². The van der Waals surface area contributed by atoms with Crippen LogP contribution in [-0.4, -0.2) is 58.1 Å². The molecule has 0 aromatic heterocycles. The van der Waals surface area contributed by atoms with Crippen molar-refractivity contribution in [2.24, 2.45) is 11.8 Å². The van der Waals surface area contributed by atoms with Crippen LogP contribution in [0.5, 0.6) is 0 Å². The van der Waals surface area contributed by atoms with Gasteiger partial charge in [0.05, 0.1) is 0 Å². The predicted molar refractivity (Wildman–Crippen MR) is 76.6 cm³/mol. The van der Waals surface area contributed by atoms with Crippen LogP contribution in [0.3, 0.4) is 0 Å². The van der Waals surface area contributed by atoms with Crippen LogP contribution in [0.4, 0.5) is 0 Å². The Balaban J connectivity index is 1.51. The second-order valence-corrected chi connectivity index (χ2v) is 7.50. The summed E-state index contributed by atoms with van der Waals surface area (Å²) in [5.74, 6) is 0.510. The van der Waals surface area contributed by atoms with Gasteiger partial charge in [-0.1, -0.05) is 6.42 Å². The van der Waals surface area contributed by atoms with Gasteiger partial charge in [-0.25, -0.2) is 0 Å². The minimum absolute atomic E-state index is 0.196. The summed E-state index contributed by atoms with van der Waals surface area (Å²) in [5, 5.41) is 9.69. The van der Waals surface area contributed by atoms with Gasteiger partial charge in [-0.3, -0.25) is 14.6 Å². The summed E-state index contributed by atoms with van der Waals surface area (Å²) in [5.41, 5.74) is 0. The molecule has 0 aromatic rings. The molecule has 20 heavy (non-hydrogen) atoms. The first-order valence-corrected chi connectivity index (χ1v) is 8.39. The topological polar surface area (TPSA) is 43.8 Å². The minimum Gasteiger partial charge on any atom is -0.480 e. The number of rotatable bonds is 3. The van der Waals surface area contributed by atoms with Gasteiger partial charge >= 0.3 is 5.97 Å². The highest BCUT2D eigenvalue weighted by Crippen LogP contribution is 2.45. The lowest BCUT2D eigenvalue weighted by Crippen LogP contribution is -2.46. The predicted octanol–water partition coefficient (Wildman–Crippen LogP) is 1.80. The van der Waals surface area contributed by atoms with Crippen molar-refractivity contribution in [2.75, 3.05) is 13.1 Å². The smallest absolute Gasteiger partial charge is 0.321 e. The number of nitrogens with zero attached hydrogens (tertiary/aromatic N) is 2. The van der Waals surface area contributed by atoms with Gasteiger partial charge in [-0.05, 0) is 50.9 Å². The molecule has 2 saturated carbocycles. The molecule has 112 valence electrons. The van der Waals surface area contributed by atoms with Crippen LogP contribution in [0.1, 0.15) is 45.4 Å². The number of carboxylic acids is 1. The van der Waals surface area contributed by atoms with E-state index in [1.165, 1.54) is 32.1 Å². The molecular formula is C16H26N2O2. The highest BCUT2D eigenvalue weighted by molar-refractivity contribution is 5.74. The van der Waals surface area contributed by atoms with Gasteiger partial charge in [0.25, 0.3) is 0 Å². The van der Waals surface area contributed by atoms with Crippen LogP contribution in [0.15, 0.2) is 0 Å². The zero-order chi connectivity index (χ0) is 13.9. The Labute approximate surface area is 121 Å². The molecule has 2 saturated heterocycles. The van der Waals surface area contributed by atoms with Gasteiger partial charge < -0.3 is 5.11 Å². The van der Waals surface area contributed by atoms with Crippen molar-refractivity contribution in [3.05, 3.63) is 0 Å². The second kappa shape index (κ2) is 4.70. The van der Waals surface area contributed by atoms with Crippen LogP contribution in [0.2, 0.25) is 0 Å². The van der Waals surface area contributed by atoms with Crippen molar-refractivity contribution in [1.82, 2.24) is 9.80 Å². The molecule has 4 aliphatic rings. The Morgan fingerprint density at radius 2 is 1.85 bits per heavy atom.